The predicted molar refractivity (Wildman–Crippen MR) is 92.2 cm³/mol. The maximum Gasteiger partial charge on any atom is 0.249 e. The van der Waals surface area contributed by atoms with Crippen molar-refractivity contribution in [3.63, 3.8) is 0 Å². The fourth-order valence-electron chi connectivity index (χ4n) is 3.10. The zero-order chi connectivity index (χ0) is 16.6. The molecule has 1 fully saturated rings. The van der Waals surface area contributed by atoms with Crippen LogP contribution in [0.1, 0.15) is 37.3 Å². The smallest absolute Gasteiger partial charge is 0.249 e. The number of aryl methyl sites for hydroxylation is 1. The average molecular weight is 316 g/mol. The third-order valence-corrected chi connectivity index (χ3v) is 4.43. The van der Waals surface area contributed by atoms with Crippen LogP contribution in [0.2, 0.25) is 0 Å². The van der Waals surface area contributed by atoms with E-state index in [1.807, 2.05) is 30.9 Å². The van der Waals surface area contributed by atoms with E-state index in [0.717, 1.165) is 33.4 Å². The second kappa shape index (κ2) is 5.91. The zero-order valence-electron chi connectivity index (χ0n) is 13.7. The van der Waals surface area contributed by atoms with Gasteiger partial charge in [0.1, 0.15) is 5.82 Å². The number of anilines is 1. The summed E-state index contributed by atoms with van der Waals surface area (Å²) in [5.41, 5.74) is 3.90. The number of hydrogen-bond acceptors (Lipinski definition) is 2. The molecule has 2 aromatic rings. The Morgan fingerprint density at radius 1 is 1.22 bits per heavy atom. The Morgan fingerprint density at radius 3 is 2.74 bits per heavy atom. The number of rotatable bonds is 2. The largest absolute Gasteiger partial charge is 0.356 e. The summed E-state index contributed by atoms with van der Waals surface area (Å²) < 4.78 is 27.3. The molecular formula is C19H22F2N2. The lowest BCUT2D eigenvalue weighted by molar-refractivity contribution is -0.0102. The number of allylic oxidation sites excluding steroid dienone is 1. The first-order valence-electron chi connectivity index (χ1n) is 8.06. The third-order valence-electron chi connectivity index (χ3n) is 4.43. The maximum absolute atomic E-state index is 13.7. The molecule has 1 aliphatic rings. The van der Waals surface area contributed by atoms with Crippen LogP contribution < -0.4 is 4.90 Å². The minimum atomic E-state index is -2.56. The van der Waals surface area contributed by atoms with E-state index in [4.69, 9.17) is 4.98 Å². The molecule has 1 saturated heterocycles. The number of pyridine rings is 1. The van der Waals surface area contributed by atoms with Crippen LogP contribution in [0.25, 0.3) is 16.5 Å². The number of halogens is 2. The van der Waals surface area contributed by atoms with Gasteiger partial charge in [-0.3, -0.25) is 0 Å². The quantitative estimate of drug-likeness (QED) is 0.757. The summed E-state index contributed by atoms with van der Waals surface area (Å²) in [6, 6.07) is 8.21. The summed E-state index contributed by atoms with van der Waals surface area (Å²) in [5, 5.41) is 1.05. The van der Waals surface area contributed by atoms with Gasteiger partial charge in [-0.2, -0.15) is 0 Å². The van der Waals surface area contributed by atoms with E-state index in [2.05, 4.69) is 18.7 Å². The van der Waals surface area contributed by atoms with Gasteiger partial charge in [-0.15, -0.1) is 0 Å². The fourth-order valence-corrected chi connectivity index (χ4v) is 3.10. The van der Waals surface area contributed by atoms with Gasteiger partial charge in [0.15, 0.2) is 0 Å². The zero-order valence-corrected chi connectivity index (χ0v) is 13.7. The molecule has 0 unspecified atom stereocenters. The number of hydrogen-bond donors (Lipinski definition) is 0. The van der Waals surface area contributed by atoms with E-state index >= 15 is 0 Å². The fraction of sp³-hybridized carbons (Fsp3) is 0.421. The molecule has 4 heteroatoms. The maximum atomic E-state index is 13.7. The normalized spacial score (nSPS) is 18.0. The Kier molecular flexibility index (Phi) is 4.09. The molecule has 2 nitrogen and oxygen atoms in total. The number of alkyl halides is 2. The van der Waals surface area contributed by atoms with E-state index in [0.29, 0.717) is 19.5 Å². The molecule has 0 bridgehead atoms. The molecular weight excluding hydrogens is 294 g/mol. The highest BCUT2D eigenvalue weighted by molar-refractivity contribution is 5.87. The Labute approximate surface area is 135 Å². The molecule has 2 heterocycles. The van der Waals surface area contributed by atoms with Crippen molar-refractivity contribution in [2.75, 3.05) is 18.0 Å². The SMILES string of the molecule is C=C(C)c1cc2ccc(C)cc2nc1N1CCCC(F)(F)CC1. The molecule has 0 aliphatic carbocycles. The first-order valence-corrected chi connectivity index (χ1v) is 8.06. The molecule has 3 rings (SSSR count). The highest BCUT2D eigenvalue weighted by Crippen LogP contribution is 2.33. The Morgan fingerprint density at radius 2 is 2.00 bits per heavy atom. The number of nitrogens with zero attached hydrogens (tertiary/aromatic N) is 2. The molecule has 1 aromatic carbocycles. The number of benzene rings is 1. The third kappa shape index (κ3) is 3.36. The monoisotopic (exact) mass is 316 g/mol. The van der Waals surface area contributed by atoms with Crippen molar-refractivity contribution in [3.8, 4) is 0 Å². The second-order valence-electron chi connectivity index (χ2n) is 6.53. The van der Waals surface area contributed by atoms with Crippen molar-refractivity contribution in [2.45, 2.75) is 39.0 Å². The standard InChI is InChI=1S/C19H22F2N2/c1-13(2)16-12-15-6-5-14(3)11-17(15)22-18(16)23-9-4-7-19(20,21)8-10-23/h5-6,11-12H,1,4,7-10H2,2-3H3. The van der Waals surface area contributed by atoms with Crippen molar-refractivity contribution in [2.24, 2.45) is 0 Å². The van der Waals surface area contributed by atoms with Gasteiger partial charge in [-0.05, 0) is 43.5 Å². The van der Waals surface area contributed by atoms with E-state index < -0.39 is 5.92 Å². The van der Waals surface area contributed by atoms with Crippen molar-refractivity contribution >= 4 is 22.3 Å². The van der Waals surface area contributed by atoms with Crippen LogP contribution in [0.5, 0.6) is 0 Å². The molecule has 0 saturated carbocycles. The summed E-state index contributed by atoms with van der Waals surface area (Å²) in [4.78, 5) is 6.78. The Bertz CT molecular complexity index is 752. The lowest BCUT2D eigenvalue weighted by Gasteiger charge is -2.25. The van der Waals surface area contributed by atoms with Crippen molar-refractivity contribution < 1.29 is 8.78 Å². The lowest BCUT2D eigenvalue weighted by Crippen LogP contribution is -2.27. The summed E-state index contributed by atoms with van der Waals surface area (Å²) in [5.74, 6) is -1.78. The van der Waals surface area contributed by atoms with Crippen LogP contribution in [0, 0.1) is 6.92 Å². The molecule has 23 heavy (non-hydrogen) atoms. The molecule has 1 aromatic heterocycles. The first-order chi connectivity index (χ1) is 10.9. The number of aromatic nitrogens is 1. The van der Waals surface area contributed by atoms with Gasteiger partial charge in [0.05, 0.1) is 5.52 Å². The van der Waals surface area contributed by atoms with Crippen LogP contribution in [0.4, 0.5) is 14.6 Å². The van der Waals surface area contributed by atoms with E-state index in [9.17, 15) is 8.78 Å². The minimum Gasteiger partial charge on any atom is -0.356 e. The minimum absolute atomic E-state index is 0.0431. The topological polar surface area (TPSA) is 16.1 Å². The van der Waals surface area contributed by atoms with Crippen LogP contribution in [-0.4, -0.2) is 24.0 Å². The van der Waals surface area contributed by atoms with Crippen LogP contribution in [-0.2, 0) is 0 Å². The van der Waals surface area contributed by atoms with E-state index in [-0.39, 0.29) is 12.8 Å². The van der Waals surface area contributed by atoms with Crippen LogP contribution >= 0.6 is 0 Å². The van der Waals surface area contributed by atoms with Gasteiger partial charge in [0.25, 0.3) is 0 Å². The second-order valence-corrected chi connectivity index (χ2v) is 6.53. The number of fused-ring (bicyclic) bond motifs is 1. The molecule has 1 aliphatic heterocycles. The van der Waals surface area contributed by atoms with Gasteiger partial charge in [-0.1, -0.05) is 18.7 Å². The van der Waals surface area contributed by atoms with E-state index in [1.54, 1.807) is 0 Å². The van der Waals surface area contributed by atoms with E-state index in [1.165, 1.54) is 0 Å². The molecule has 0 radical (unpaired) electrons. The molecule has 0 spiro atoms. The lowest BCUT2D eigenvalue weighted by atomic mass is 10.0. The first kappa shape index (κ1) is 15.9. The average Bonchev–Trinajstić information content (AvgIpc) is 2.66. The molecule has 122 valence electrons. The van der Waals surface area contributed by atoms with Gasteiger partial charge in [0, 0.05) is 36.9 Å². The van der Waals surface area contributed by atoms with Gasteiger partial charge in [-0.25, -0.2) is 13.8 Å². The Hall–Kier alpha value is -1.97. The van der Waals surface area contributed by atoms with Crippen molar-refractivity contribution in [3.05, 3.63) is 42.0 Å². The van der Waals surface area contributed by atoms with Crippen molar-refractivity contribution in [1.82, 2.24) is 4.98 Å². The summed E-state index contributed by atoms with van der Waals surface area (Å²) in [6.45, 7) is 8.95. The summed E-state index contributed by atoms with van der Waals surface area (Å²) in [6.07, 6.45) is 0.324. The summed E-state index contributed by atoms with van der Waals surface area (Å²) in [7, 11) is 0. The van der Waals surface area contributed by atoms with Gasteiger partial charge >= 0.3 is 0 Å². The van der Waals surface area contributed by atoms with Crippen LogP contribution in [0.15, 0.2) is 30.8 Å². The van der Waals surface area contributed by atoms with Gasteiger partial charge in [0.2, 0.25) is 5.92 Å². The van der Waals surface area contributed by atoms with Crippen molar-refractivity contribution in [1.29, 1.82) is 0 Å². The Balaban J connectivity index is 2.07. The van der Waals surface area contributed by atoms with Crippen LogP contribution in [0.3, 0.4) is 0 Å². The predicted octanol–water partition coefficient (Wildman–Crippen LogP) is 5.20. The summed E-state index contributed by atoms with van der Waals surface area (Å²) >= 11 is 0. The highest BCUT2D eigenvalue weighted by atomic mass is 19.3. The molecule has 0 amide bonds. The highest BCUT2D eigenvalue weighted by Gasteiger charge is 2.32. The van der Waals surface area contributed by atoms with Gasteiger partial charge < -0.3 is 4.90 Å². The molecule has 0 atom stereocenters. The molecule has 0 N–H and O–H groups in total.